The van der Waals surface area contributed by atoms with Crippen molar-refractivity contribution in [1.29, 1.82) is 0 Å². The van der Waals surface area contributed by atoms with Crippen LogP contribution in [0.2, 0.25) is 0 Å². The summed E-state index contributed by atoms with van der Waals surface area (Å²) in [6.07, 6.45) is 0.921. The van der Waals surface area contributed by atoms with E-state index in [1.54, 1.807) is 24.3 Å². The van der Waals surface area contributed by atoms with Crippen LogP contribution in [0.1, 0.15) is 10.4 Å². The van der Waals surface area contributed by atoms with Crippen molar-refractivity contribution in [3.05, 3.63) is 56.3 Å². The molecule has 0 saturated carbocycles. The highest BCUT2D eigenvalue weighted by Crippen LogP contribution is 2.26. The van der Waals surface area contributed by atoms with Gasteiger partial charge in [-0.2, -0.15) is 0 Å². The van der Waals surface area contributed by atoms with Gasteiger partial charge in [-0.25, -0.2) is 0 Å². The Bertz CT molecular complexity index is 959. The number of aryl methyl sites for hydroxylation is 1. The van der Waals surface area contributed by atoms with Gasteiger partial charge >= 0.3 is 0 Å². The van der Waals surface area contributed by atoms with E-state index in [1.807, 2.05) is 6.07 Å². The second-order valence-electron chi connectivity index (χ2n) is 5.72. The SMILES string of the molecule is Cc1ccc([N+](=O)[O-])cc1NC(=O)CSc1nnc(NCCc2cccs2)s1. The summed E-state index contributed by atoms with van der Waals surface area (Å²) in [5, 5.41) is 27.7. The van der Waals surface area contributed by atoms with Crippen molar-refractivity contribution in [2.24, 2.45) is 0 Å². The lowest BCUT2D eigenvalue weighted by molar-refractivity contribution is -0.384. The van der Waals surface area contributed by atoms with Gasteiger partial charge in [-0.3, -0.25) is 14.9 Å². The number of benzene rings is 1. The first-order chi connectivity index (χ1) is 13.5. The number of nitrogens with one attached hydrogen (secondary N) is 2. The third-order valence-electron chi connectivity index (χ3n) is 3.67. The molecule has 3 rings (SSSR count). The van der Waals surface area contributed by atoms with Gasteiger partial charge < -0.3 is 10.6 Å². The minimum atomic E-state index is -0.488. The van der Waals surface area contributed by atoms with E-state index in [0.29, 0.717) is 15.2 Å². The highest BCUT2D eigenvalue weighted by molar-refractivity contribution is 8.01. The summed E-state index contributed by atoms with van der Waals surface area (Å²) >= 11 is 4.39. The number of amides is 1. The van der Waals surface area contributed by atoms with Crippen molar-refractivity contribution in [3.8, 4) is 0 Å². The molecule has 28 heavy (non-hydrogen) atoms. The van der Waals surface area contributed by atoms with Crippen molar-refractivity contribution in [1.82, 2.24) is 10.2 Å². The standard InChI is InChI=1S/C17H17N5O3S3/c1-11-4-5-12(22(24)25)9-14(11)19-15(23)10-27-17-21-20-16(28-17)18-7-6-13-3-2-8-26-13/h2-5,8-9H,6-7,10H2,1H3,(H,18,20)(H,19,23). The number of carbonyl (C=O) groups is 1. The maximum Gasteiger partial charge on any atom is 0.271 e. The van der Waals surface area contributed by atoms with E-state index in [4.69, 9.17) is 0 Å². The average molecular weight is 436 g/mol. The van der Waals surface area contributed by atoms with Crippen molar-refractivity contribution < 1.29 is 9.72 Å². The molecule has 11 heteroatoms. The molecule has 0 aliphatic rings. The van der Waals surface area contributed by atoms with Crippen molar-refractivity contribution in [2.45, 2.75) is 17.7 Å². The first-order valence-electron chi connectivity index (χ1n) is 8.29. The number of carbonyl (C=O) groups excluding carboxylic acids is 1. The molecule has 0 aliphatic carbocycles. The third kappa shape index (κ3) is 5.75. The van der Waals surface area contributed by atoms with Gasteiger partial charge in [0.15, 0.2) is 4.34 Å². The summed E-state index contributed by atoms with van der Waals surface area (Å²) in [6, 6.07) is 8.50. The zero-order valence-corrected chi connectivity index (χ0v) is 17.3. The van der Waals surface area contributed by atoms with Gasteiger partial charge in [0.1, 0.15) is 0 Å². The molecular formula is C17H17N5O3S3. The molecule has 3 aromatic rings. The smallest absolute Gasteiger partial charge is 0.271 e. The topological polar surface area (TPSA) is 110 Å². The summed E-state index contributed by atoms with van der Waals surface area (Å²) in [5.74, 6) is -0.109. The molecule has 1 amide bonds. The summed E-state index contributed by atoms with van der Waals surface area (Å²) < 4.78 is 0.685. The monoisotopic (exact) mass is 435 g/mol. The van der Waals surface area contributed by atoms with Gasteiger partial charge in [-0.05, 0) is 30.4 Å². The Morgan fingerprint density at radius 2 is 2.18 bits per heavy atom. The lowest BCUT2D eigenvalue weighted by Crippen LogP contribution is -2.15. The molecule has 0 saturated heterocycles. The molecule has 2 N–H and O–H groups in total. The minimum Gasteiger partial charge on any atom is -0.360 e. The molecule has 0 fully saturated rings. The number of nitro benzene ring substituents is 1. The molecule has 8 nitrogen and oxygen atoms in total. The van der Waals surface area contributed by atoms with Crippen LogP contribution < -0.4 is 10.6 Å². The highest BCUT2D eigenvalue weighted by Gasteiger charge is 2.12. The van der Waals surface area contributed by atoms with Crippen LogP contribution in [0, 0.1) is 17.0 Å². The van der Waals surface area contributed by atoms with Gasteiger partial charge in [-0.1, -0.05) is 35.2 Å². The molecular weight excluding hydrogens is 418 g/mol. The largest absolute Gasteiger partial charge is 0.360 e. The molecule has 0 spiro atoms. The van der Waals surface area contributed by atoms with E-state index in [1.165, 1.54) is 40.1 Å². The maximum absolute atomic E-state index is 12.2. The number of thioether (sulfide) groups is 1. The van der Waals surface area contributed by atoms with E-state index in [2.05, 4.69) is 32.3 Å². The maximum atomic E-state index is 12.2. The van der Waals surface area contributed by atoms with Gasteiger partial charge in [0, 0.05) is 23.6 Å². The summed E-state index contributed by atoms with van der Waals surface area (Å²) in [7, 11) is 0. The molecule has 2 aromatic heterocycles. The van der Waals surface area contributed by atoms with E-state index < -0.39 is 4.92 Å². The Hall–Kier alpha value is -2.50. The first-order valence-corrected chi connectivity index (χ1v) is 11.0. The van der Waals surface area contributed by atoms with Crippen molar-refractivity contribution >= 4 is 56.8 Å². The van der Waals surface area contributed by atoms with Crippen molar-refractivity contribution in [3.63, 3.8) is 0 Å². The van der Waals surface area contributed by atoms with Crippen LogP contribution in [-0.2, 0) is 11.2 Å². The van der Waals surface area contributed by atoms with Crippen LogP contribution in [0.4, 0.5) is 16.5 Å². The van der Waals surface area contributed by atoms with E-state index in [0.717, 1.165) is 18.5 Å². The fraction of sp³-hybridized carbons (Fsp3) is 0.235. The van der Waals surface area contributed by atoms with Crippen LogP contribution in [0.25, 0.3) is 0 Å². The van der Waals surface area contributed by atoms with Crippen LogP contribution in [-0.4, -0.2) is 33.3 Å². The fourth-order valence-electron chi connectivity index (χ4n) is 2.26. The molecule has 0 aliphatic heterocycles. The zero-order chi connectivity index (χ0) is 19.9. The van der Waals surface area contributed by atoms with Gasteiger partial charge in [0.05, 0.1) is 16.4 Å². The average Bonchev–Trinajstić information content (AvgIpc) is 3.34. The zero-order valence-electron chi connectivity index (χ0n) is 14.9. The Morgan fingerprint density at radius 1 is 1.32 bits per heavy atom. The van der Waals surface area contributed by atoms with Gasteiger partial charge in [-0.15, -0.1) is 21.5 Å². The number of non-ortho nitro benzene ring substituents is 1. The summed E-state index contributed by atoms with van der Waals surface area (Å²) in [5.41, 5.74) is 1.14. The molecule has 1 aromatic carbocycles. The highest BCUT2D eigenvalue weighted by atomic mass is 32.2. The normalized spacial score (nSPS) is 10.6. The van der Waals surface area contributed by atoms with Crippen LogP contribution >= 0.6 is 34.4 Å². The number of rotatable bonds is 9. The van der Waals surface area contributed by atoms with Gasteiger partial charge in [0.25, 0.3) is 5.69 Å². The number of anilines is 2. The summed E-state index contributed by atoms with van der Waals surface area (Å²) in [4.78, 5) is 23.9. The first kappa shape index (κ1) is 20.2. The Kier molecular flexibility index (Phi) is 6.95. The molecule has 2 heterocycles. The number of hydrogen-bond donors (Lipinski definition) is 2. The molecule has 0 radical (unpaired) electrons. The molecule has 0 bridgehead atoms. The van der Waals surface area contributed by atoms with Crippen LogP contribution in [0.3, 0.4) is 0 Å². The Morgan fingerprint density at radius 3 is 2.93 bits per heavy atom. The number of hydrogen-bond acceptors (Lipinski definition) is 9. The lowest BCUT2D eigenvalue weighted by atomic mass is 10.2. The minimum absolute atomic E-state index is 0.0593. The predicted molar refractivity (Wildman–Crippen MR) is 114 cm³/mol. The Balaban J connectivity index is 1.46. The number of nitrogens with zero attached hydrogens (tertiary/aromatic N) is 3. The van der Waals surface area contributed by atoms with E-state index in [-0.39, 0.29) is 17.3 Å². The summed E-state index contributed by atoms with van der Waals surface area (Å²) in [6.45, 7) is 2.55. The second kappa shape index (κ2) is 9.62. The third-order valence-corrected chi connectivity index (χ3v) is 6.62. The van der Waals surface area contributed by atoms with E-state index in [9.17, 15) is 14.9 Å². The van der Waals surface area contributed by atoms with Crippen LogP contribution in [0.15, 0.2) is 40.1 Å². The molecule has 0 unspecified atom stereocenters. The number of thiophene rings is 1. The number of aromatic nitrogens is 2. The molecule has 0 atom stereocenters. The predicted octanol–water partition coefficient (Wildman–Crippen LogP) is 4.20. The van der Waals surface area contributed by atoms with E-state index >= 15 is 0 Å². The fourth-order valence-corrected chi connectivity index (χ4v) is 4.55. The Labute approximate surface area is 173 Å². The quantitative estimate of drug-likeness (QED) is 0.294. The number of nitro groups is 1. The molecule has 146 valence electrons. The van der Waals surface area contributed by atoms with Crippen LogP contribution in [0.5, 0.6) is 0 Å². The second-order valence-corrected chi connectivity index (χ2v) is 8.95. The van der Waals surface area contributed by atoms with Gasteiger partial charge in [0.2, 0.25) is 11.0 Å². The lowest BCUT2D eigenvalue weighted by Gasteiger charge is -2.07. The van der Waals surface area contributed by atoms with Crippen molar-refractivity contribution in [2.75, 3.05) is 22.9 Å².